The van der Waals surface area contributed by atoms with Crippen LogP contribution in [0.4, 0.5) is 5.82 Å². The van der Waals surface area contributed by atoms with Crippen LogP contribution in [0, 0.1) is 0 Å². The summed E-state index contributed by atoms with van der Waals surface area (Å²) < 4.78 is 0. The van der Waals surface area contributed by atoms with E-state index in [4.69, 9.17) is 0 Å². The molecule has 0 saturated carbocycles. The van der Waals surface area contributed by atoms with Gasteiger partial charge in [-0.05, 0) is 18.6 Å². The van der Waals surface area contributed by atoms with Crippen molar-refractivity contribution in [2.45, 2.75) is 32.0 Å². The lowest BCUT2D eigenvalue weighted by Gasteiger charge is -2.16. The van der Waals surface area contributed by atoms with Crippen molar-refractivity contribution in [1.29, 1.82) is 0 Å². The lowest BCUT2D eigenvalue weighted by atomic mass is 10.1. The quantitative estimate of drug-likeness (QED) is 0.736. The van der Waals surface area contributed by atoms with Crippen molar-refractivity contribution in [2.75, 3.05) is 25.5 Å². The number of hydrogen-bond donors (Lipinski definition) is 3. The van der Waals surface area contributed by atoms with E-state index in [0.29, 0.717) is 11.4 Å². The van der Waals surface area contributed by atoms with Crippen LogP contribution in [0.15, 0.2) is 12.1 Å². The number of nitrogens with one attached hydrogen (secondary N) is 1. The van der Waals surface area contributed by atoms with Crippen molar-refractivity contribution in [1.82, 2.24) is 9.88 Å². The maximum atomic E-state index is 12.4. The zero-order chi connectivity index (χ0) is 14.7. The molecule has 1 aliphatic heterocycles. The van der Waals surface area contributed by atoms with E-state index in [1.165, 1.54) is 4.90 Å². The topological polar surface area (TPSA) is 85.7 Å². The van der Waals surface area contributed by atoms with Crippen molar-refractivity contribution < 1.29 is 15.0 Å². The number of aryl methyl sites for hydroxylation is 1. The predicted octanol–water partition coefficient (Wildman–Crippen LogP) is 0.253. The number of aliphatic hydroxyl groups is 2. The van der Waals surface area contributed by atoms with Gasteiger partial charge in [-0.3, -0.25) is 4.79 Å². The van der Waals surface area contributed by atoms with Gasteiger partial charge >= 0.3 is 0 Å². The number of aliphatic hydroxyl groups excluding tert-OH is 2. The van der Waals surface area contributed by atoms with Crippen LogP contribution in [0.2, 0.25) is 0 Å². The lowest BCUT2D eigenvalue weighted by Crippen LogP contribution is -2.30. The summed E-state index contributed by atoms with van der Waals surface area (Å²) in [5.74, 6) is 0.469. The number of nitrogens with zero attached hydrogens (tertiary/aromatic N) is 2. The van der Waals surface area contributed by atoms with Crippen LogP contribution in [-0.2, 0) is 6.42 Å². The Bertz CT molecular complexity index is 483. The fraction of sp³-hybridized carbons (Fsp3) is 0.571. The van der Waals surface area contributed by atoms with Crippen molar-refractivity contribution in [2.24, 2.45) is 0 Å². The molecular formula is C14H21N3O3. The van der Waals surface area contributed by atoms with Crippen molar-refractivity contribution in [3.8, 4) is 0 Å². The highest BCUT2D eigenvalue weighted by molar-refractivity contribution is 5.95. The van der Waals surface area contributed by atoms with Gasteiger partial charge in [0.15, 0.2) is 0 Å². The molecule has 1 fully saturated rings. The van der Waals surface area contributed by atoms with Gasteiger partial charge in [0.05, 0.1) is 12.2 Å². The van der Waals surface area contributed by atoms with Crippen LogP contribution in [0.3, 0.4) is 0 Å². The molecule has 0 aromatic carbocycles. The molecule has 2 rings (SSSR count). The number of likely N-dealkylation sites (tertiary alicyclic amines) is 1. The zero-order valence-electron chi connectivity index (χ0n) is 11.8. The first-order valence-electron chi connectivity index (χ1n) is 6.89. The molecule has 1 saturated heterocycles. The molecule has 1 amide bonds. The predicted molar refractivity (Wildman–Crippen MR) is 75.7 cm³/mol. The van der Waals surface area contributed by atoms with Gasteiger partial charge in [-0.15, -0.1) is 0 Å². The fourth-order valence-corrected chi connectivity index (χ4v) is 2.34. The highest BCUT2D eigenvalue weighted by Crippen LogP contribution is 2.17. The van der Waals surface area contributed by atoms with Crippen LogP contribution >= 0.6 is 0 Å². The minimum atomic E-state index is -0.861. The maximum absolute atomic E-state index is 12.4. The van der Waals surface area contributed by atoms with Gasteiger partial charge in [0, 0.05) is 31.4 Å². The number of hydrogen-bond acceptors (Lipinski definition) is 5. The number of amides is 1. The van der Waals surface area contributed by atoms with Gasteiger partial charge in [-0.1, -0.05) is 13.3 Å². The summed E-state index contributed by atoms with van der Waals surface area (Å²) >= 11 is 0. The van der Waals surface area contributed by atoms with Crippen molar-refractivity contribution in [3.63, 3.8) is 0 Å². The van der Waals surface area contributed by atoms with E-state index in [0.717, 1.165) is 18.5 Å². The third-order valence-corrected chi connectivity index (χ3v) is 3.43. The molecule has 3 N–H and O–H groups in total. The van der Waals surface area contributed by atoms with Gasteiger partial charge in [0.2, 0.25) is 0 Å². The van der Waals surface area contributed by atoms with Crippen molar-refractivity contribution >= 4 is 11.7 Å². The first-order valence-corrected chi connectivity index (χ1v) is 6.89. The highest BCUT2D eigenvalue weighted by Gasteiger charge is 2.33. The number of rotatable bonds is 4. The average molecular weight is 279 g/mol. The summed E-state index contributed by atoms with van der Waals surface area (Å²) in [5.41, 5.74) is 1.40. The second kappa shape index (κ2) is 6.19. The minimum absolute atomic E-state index is 0.167. The van der Waals surface area contributed by atoms with E-state index in [2.05, 4.69) is 17.2 Å². The molecule has 0 radical (unpaired) electrons. The Morgan fingerprint density at radius 3 is 2.60 bits per heavy atom. The molecule has 1 aliphatic rings. The average Bonchev–Trinajstić information content (AvgIpc) is 2.78. The monoisotopic (exact) mass is 279 g/mol. The molecule has 0 bridgehead atoms. The van der Waals surface area contributed by atoms with Gasteiger partial charge in [0.1, 0.15) is 5.82 Å². The Labute approximate surface area is 118 Å². The third kappa shape index (κ3) is 3.08. The molecule has 0 spiro atoms. The Balaban J connectivity index is 2.22. The van der Waals surface area contributed by atoms with E-state index in [-0.39, 0.29) is 19.0 Å². The fourth-order valence-electron chi connectivity index (χ4n) is 2.34. The first-order chi connectivity index (χ1) is 9.55. The number of β-amino-alcohol motifs (C(OH)–C–C–N with tert-alkyl or cyclic N) is 2. The van der Waals surface area contributed by atoms with Crippen LogP contribution in [-0.4, -0.2) is 58.3 Å². The molecule has 1 aromatic rings. The van der Waals surface area contributed by atoms with E-state index in [1.54, 1.807) is 19.2 Å². The van der Waals surface area contributed by atoms with Gasteiger partial charge in [0.25, 0.3) is 5.91 Å². The minimum Gasteiger partial charge on any atom is -0.388 e. The molecule has 6 nitrogen and oxygen atoms in total. The number of carbonyl (C=O) groups is 1. The van der Waals surface area contributed by atoms with Gasteiger partial charge in [-0.25, -0.2) is 4.98 Å². The molecule has 2 atom stereocenters. The van der Waals surface area contributed by atoms with Crippen molar-refractivity contribution in [3.05, 3.63) is 23.4 Å². The highest BCUT2D eigenvalue weighted by atomic mass is 16.3. The molecule has 1 aromatic heterocycles. The normalized spacial score (nSPS) is 22.1. The number of anilines is 1. The smallest absolute Gasteiger partial charge is 0.254 e. The zero-order valence-corrected chi connectivity index (χ0v) is 11.8. The summed E-state index contributed by atoms with van der Waals surface area (Å²) in [6.45, 7) is 2.39. The third-order valence-electron chi connectivity index (χ3n) is 3.43. The molecule has 0 aliphatic carbocycles. The summed E-state index contributed by atoms with van der Waals surface area (Å²) in [4.78, 5) is 18.3. The summed E-state index contributed by atoms with van der Waals surface area (Å²) in [7, 11) is 1.76. The Morgan fingerprint density at radius 1 is 1.40 bits per heavy atom. The second-order valence-corrected chi connectivity index (χ2v) is 5.08. The molecule has 2 unspecified atom stereocenters. The largest absolute Gasteiger partial charge is 0.388 e. The Morgan fingerprint density at radius 2 is 2.05 bits per heavy atom. The molecule has 6 heteroatoms. The maximum Gasteiger partial charge on any atom is 0.254 e. The van der Waals surface area contributed by atoms with Gasteiger partial charge < -0.3 is 20.4 Å². The Hall–Kier alpha value is -1.66. The number of aromatic nitrogens is 1. The van der Waals surface area contributed by atoms with Crippen LogP contribution in [0.5, 0.6) is 0 Å². The number of carbonyl (C=O) groups excluding carboxylic acids is 1. The lowest BCUT2D eigenvalue weighted by molar-refractivity contribution is 0.0572. The number of pyridine rings is 1. The molecule has 20 heavy (non-hydrogen) atoms. The van der Waals surface area contributed by atoms with Crippen LogP contribution < -0.4 is 5.32 Å². The SMILES string of the molecule is CCCc1cc(C(=O)N2CC(O)C(O)C2)cc(NC)n1. The summed E-state index contributed by atoms with van der Waals surface area (Å²) in [6.07, 6.45) is 0.0371. The van der Waals surface area contributed by atoms with Crippen LogP contribution in [0.25, 0.3) is 0 Å². The Kier molecular flexibility index (Phi) is 4.57. The molecular weight excluding hydrogens is 258 g/mol. The van der Waals surface area contributed by atoms with Crippen LogP contribution in [0.1, 0.15) is 29.4 Å². The van der Waals surface area contributed by atoms with E-state index >= 15 is 0 Å². The first kappa shape index (κ1) is 14.7. The molecule has 110 valence electrons. The van der Waals surface area contributed by atoms with E-state index in [1.807, 2.05) is 0 Å². The second-order valence-electron chi connectivity index (χ2n) is 5.08. The molecule has 2 heterocycles. The van der Waals surface area contributed by atoms with E-state index in [9.17, 15) is 15.0 Å². The standard InChI is InChI=1S/C14H21N3O3/c1-3-4-10-5-9(6-13(15-2)16-10)14(20)17-7-11(18)12(19)8-17/h5-6,11-12,18-19H,3-4,7-8H2,1-2H3,(H,15,16). The summed E-state index contributed by atoms with van der Waals surface area (Å²) in [6, 6.07) is 3.47. The van der Waals surface area contributed by atoms with Gasteiger partial charge in [-0.2, -0.15) is 0 Å². The van der Waals surface area contributed by atoms with E-state index < -0.39 is 12.2 Å². The summed E-state index contributed by atoms with van der Waals surface area (Å²) in [5, 5.41) is 22.0.